The van der Waals surface area contributed by atoms with Crippen LogP contribution in [0, 0.1) is 6.92 Å². The van der Waals surface area contributed by atoms with Gasteiger partial charge in [-0.15, -0.1) is 11.3 Å². The van der Waals surface area contributed by atoms with Crippen molar-refractivity contribution < 1.29 is 0 Å². The zero-order valence-corrected chi connectivity index (χ0v) is 13.6. The van der Waals surface area contributed by atoms with Crippen molar-refractivity contribution in [2.45, 2.75) is 6.92 Å². The van der Waals surface area contributed by atoms with Crippen molar-refractivity contribution in [3.63, 3.8) is 0 Å². The summed E-state index contributed by atoms with van der Waals surface area (Å²) < 4.78 is 2.79. The van der Waals surface area contributed by atoms with Crippen LogP contribution in [0.3, 0.4) is 0 Å². The van der Waals surface area contributed by atoms with Gasteiger partial charge in [-0.2, -0.15) is 5.10 Å². The second-order valence-corrected chi connectivity index (χ2v) is 6.59. The number of hydrogen-bond donors (Lipinski definition) is 1. The van der Waals surface area contributed by atoms with Crippen LogP contribution >= 0.6 is 27.3 Å². The third kappa shape index (κ3) is 2.27. The van der Waals surface area contributed by atoms with Gasteiger partial charge in [0.25, 0.3) is 0 Å². The molecule has 0 aliphatic heterocycles. The van der Waals surface area contributed by atoms with Crippen LogP contribution in [0.5, 0.6) is 0 Å². The van der Waals surface area contributed by atoms with Crippen LogP contribution in [0.25, 0.3) is 21.7 Å². The first kappa shape index (κ1) is 13.4. The van der Waals surface area contributed by atoms with Crippen molar-refractivity contribution in [1.29, 1.82) is 0 Å². The summed E-state index contributed by atoms with van der Waals surface area (Å²) in [6, 6.07) is 10.4. The maximum absolute atomic E-state index is 6.20. The Bertz CT molecular complexity index is 740. The number of nitrogens with two attached hydrogens (primary N) is 1. The molecule has 0 spiro atoms. The fourth-order valence-electron chi connectivity index (χ4n) is 2.28. The predicted octanol–water partition coefficient (Wildman–Crippen LogP) is 4.47. The third-order valence-electron chi connectivity index (χ3n) is 3.17. The fraction of sp³-hybridized carbons (Fsp3) is 0.133. The number of thiophene rings is 1. The first-order valence-corrected chi connectivity index (χ1v) is 7.87. The van der Waals surface area contributed by atoms with Crippen LogP contribution in [0.4, 0.5) is 5.82 Å². The molecule has 2 N–H and O–H groups in total. The van der Waals surface area contributed by atoms with Crippen LogP contribution in [0.15, 0.2) is 40.2 Å². The van der Waals surface area contributed by atoms with Gasteiger partial charge in [0.1, 0.15) is 11.5 Å². The maximum Gasteiger partial charge on any atom is 0.130 e. The summed E-state index contributed by atoms with van der Waals surface area (Å²) in [4.78, 5) is 1.14. The highest BCUT2D eigenvalue weighted by Gasteiger charge is 2.18. The average molecular weight is 348 g/mol. The van der Waals surface area contributed by atoms with Gasteiger partial charge >= 0.3 is 0 Å². The summed E-state index contributed by atoms with van der Waals surface area (Å²) in [5.74, 6) is 0.695. The fourth-order valence-corrected chi connectivity index (χ4v) is 3.66. The monoisotopic (exact) mass is 347 g/mol. The number of benzene rings is 1. The summed E-state index contributed by atoms with van der Waals surface area (Å²) in [5, 5.41) is 6.65. The van der Waals surface area contributed by atoms with E-state index in [1.807, 2.05) is 13.1 Å². The van der Waals surface area contributed by atoms with E-state index >= 15 is 0 Å². The van der Waals surface area contributed by atoms with E-state index in [4.69, 9.17) is 5.73 Å². The molecular weight excluding hydrogens is 334 g/mol. The molecule has 3 nitrogen and oxygen atoms in total. The van der Waals surface area contributed by atoms with E-state index in [1.165, 1.54) is 5.56 Å². The SMILES string of the molecule is Cc1cc(Br)cc(-c2nn(C)c(N)c2-c2cccs2)c1. The number of aromatic nitrogens is 2. The molecule has 0 fully saturated rings. The van der Waals surface area contributed by atoms with E-state index < -0.39 is 0 Å². The van der Waals surface area contributed by atoms with Gasteiger partial charge in [0.2, 0.25) is 0 Å². The standard InChI is InChI=1S/C15H14BrN3S/c1-9-6-10(8-11(16)7-9)14-13(12-4-3-5-20-12)15(17)19(2)18-14/h3-8H,17H2,1-2H3. The summed E-state index contributed by atoms with van der Waals surface area (Å²) in [6.07, 6.45) is 0. The molecule has 2 aromatic heterocycles. The van der Waals surface area contributed by atoms with Crippen molar-refractivity contribution in [2.75, 3.05) is 5.73 Å². The Balaban J connectivity index is 2.26. The Morgan fingerprint density at radius 3 is 2.75 bits per heavy atom. The van der Waals surface area contributed by atoms with Gasteiger partial charge in [0.15, 0.2) is 0 Å². The van der Waals surface area contributed by atoms with Crippen LogP contribution < -0.4 is 5.73 Å². The second kappa shape index (κ2) is 5.07. The smallest absolute Gasteiger partial charge is 0.130 e. The average Bonchev–Trinajstić information content (AvgIpc) is 2.98. The number of nitrogens with zero attached hydrogens (tertiary/aromatic N) is 2. The predicted molar refractivity (Wildman–Crippen MR) is 88.8 cm³/mol. The topological polar surface area (TPSA) is 43.8 Å². The van der Waals surface area contributed by atoms with Crippen molar-refractivity contribution in [3.8, 4) is 21.7 Å². The molecule has 0 aliphatic carbocycles. The number of hydrogen-bond acceptors (Lipinski definition) is 3. The van der Waals surface area contributed by atoms with Gasteiger partial charge in [0, 0.05) is 22.0 Å². The number of anilines is 1. The molecule has 102 valence electrons. The lowest BCUT2D eigenvalue weighted by Crippen LogP contribution is -1.97. The molecule has 2 heterocycles. The molecule has 0 bridgehead atoms. The summed E-state index contributed by atoms with van der Waals surface area (Å²) in [7, 11) is 1.88. The summed E-state index contributed by atoms with van der Waals surface area (Å²) in [6.45, 7) is 2.07. The van der Waals surface area contributed by atoms with Gasteiger partial charge in [-0.25, -0.2) is 0 Å². The van der Waals surface area contributed by atoms with Gasteiger partial charge in [-0.3, -0.25) is 4.68 Å². The molecule has 1 aromatic carbocycles. The molecule has 0 atom stereocenters. The van der Waals surface area contributed by atoms with Crippen molar-refractivity contribution in [3.05, 3.63) is 45.7 Å². The van der Waals surface area contributed by atoms with Crippen LogP contribution in [0.2, 0.25) is 0 Å². The molecule has 0 amide bonds. The van der Waals surface area contributed by atoms with Crippen molar-refractivity contribution in [2.24, 2.45) is 7.05 Å². The van der Waals surface area contributed by atoms with Crippen molar-refractivity contribution in [1.82, 2.24) is 9.78 Å². The summed E-state index contributed by atoms with van der Waals surface area (Å²) in [5.41, 5.74) is 10.4. The van der Waals surface area contributed by atoms with E-state index in [2.05, 4.69) is 57.6 Å². The molecule has 0 saturated carbocycles. The quantitative estimate of drug-likeness (QED) is 0.743. The van der Waals surface area contributed by atoms with Crippen LogP contribution in [0.1, 0.15) is 5.56 Å². The lowest BCUT2D eigenvalue weighted by atomic mass is 10.0. The van der Waals surface area contributed by atoms with Crippen molar-refractivity contribution >= 4 is 33.1 Å². The van der Waals surface area contributed by atoms with E-state index in [9.17, 15) is 0 Å². The van der Waals surface area contributed by atoms with Crippen LogP contribution in [-0.4, -0.2) is 9.78 Å². The Morgan fingerprint density at radius 2 is 2.10 bits per heavy atom. The van der Waals surface area contributed by atoms with Gasteiger partial charge in [-0.05, 0) is 42.1 Å². The highest BCUT2D eigenvalue weighted by atomic mass is 79.9. The molecule has 0 unspecified atom stereocenters. The zero-order chi connectivity index (χ0) is 14.3. The molecule has 5 heteroatoms. The Hall–Kier alpha value is -1.59. The molecule has 0 saturated heterocycles. The summed E-state index contributed by atoms with van der Waals surface area (Å²) >= 11 is 5.22. The normalized spacial score (nSPS) is 10.9. The second-order valence-electron chi connectivity index (χ2n) is 4.73. The highest BCUT2D eigenvalue weighted by molar-refractivity contribution is 9.10. The minimum Gasteiger partial charge on any atom is -0.383 e. The largest absolute Gasteiger partial charge is 0.383 e. The highest BCUT2D eigenvalue weighted by Crippen LogP contribution is 2.39. The number of halogens is 1. The molecule has 20 heavy (non-hydrogen) atoms. The van der Waals surface area contributed by atoms with Gasteiger partial charge < -0.3 is 5.73 Å². The lowest BCUT2D eigenvalue weighted by molar-refractivity contribution is 0.782. The van der Waals surface area contributed by atoms with E-state index in [1.54, 1.807) is 16.0 Å². The molecule has 0 radical (unpaired) electrons. The third-order valence-corrected chi connectivity index (χ3v) is 4.52. The van der Waals surface area contributed by atoms with E-state index in [0.717, 1.165) is 26.2 Å². The number of nitrogen functional groups attached to an aromatic ring is 1. The molecule has 3 aromatic rings. The Morgan fingerprint density at radius 1 is 1.30 bits per heavy atom. The van der Waals surface area contributed by atoms with Gasteiger partial charge in [-0.1, -0.05) is 22.0 Å². The van der Waals surface area contributed by atoms with Gasteiger partial charge in [0.05, 0.1) is 5.56 Å². The first-order chi connectivity index (χ1) is 9.56. The van der Waals surface area contributed by atoms with E-state index in [0.29, 0.717) is 5.82 Å². The number of aryl methyl sites for hydroxylation is 2. The Labute approximate surface area is 130 Å². The molecule has 3 rings (SSSR count). The minimum absolute atomic E-state index is 0.695. The number of rotatable bonds is 2. The Kier molecular flexibility index (Phi) is 3.40. The van der Waals surface area contributed by atoms with E-state index in [-0.39, 0.29) is 0 Å². The van der Waals surface area contributed by atoms with Crippen LogP contribution in [-0.2, 0) is 7.05 Å². The zero-order valence-electron chi connectivity index (χ0n) is 11.2. The minimum atomic E-state index is 0.695. The lowest BCUT2D eigenvalue weighted by Gasteiger charge is -2.04. The molecular formula is C15H14BrN3S. The molecule has 0 aliphatic rings. The first-order valence-electron chi connectivity index (χ1n) is 6.20. The maximum atomic E-state index is 6.20.